The Kier molecular flexibility index (Phi) is 5.23. The van der Waals surface area contributed by atoms with Gasteiger partial charge in [0, 0.05) is 0 Å². The van der Waals surface area contributed by atoms with Gasteiger partial charge in [-0.2, -0.15) is 0 Å². The van der Waals surface area contributed by atoms with Gasteiger partial charge in [-0.3, -0.25) is 0 Å². The van der Waals surface area contributed by atoms with Gasteiger partial charge in [0.05, 0.1) is 6.10 Å². The third kappa shape index (κ3) is 5.31. The quantitative estimate of drug-likeness (QED) is 0.570. The van der Waals surface area contributed by atoms with Crippen LogP contribution < -0.4 is 0 Å². The van der Waals surface area contributed by atoms with Crippen molar-refractivity contribution in [2.45, 2.75) is 25.9 Å². The summed E-state index contributed by atoms with van der Waals surface area (Å²) in [5.74, 6) is 0. The van der Waals surface area contributed by atoms with E-state index < -0.39 is 6.10 Å². The van der Waals surface area contributed by atoms with Crippen LogP contribution in [0.5, 0.6) is 0 Å². The van der Waals surface area contributed by atoms with Crippen LogP contribution in [0.15, 0.2) is 24.8 Å². The summed E-state index contributed by atoms with van der Waals surface area (Å²) in [4.78, 5) is 0. The van der Waals surface area contributed by atoms with E-state index in [2.05, 4.69) is 13.5 Å². The predicted molar refractivity (Wildman–Crippen MR) is 40.3 cm³/mol. The average molecular weight is 126 g/mol. The highest BCUT2D eigenvalue weighted by Crippen LogP contribution is 1.91. The van der Waals surface area contributed by atoms with Crippen molar-refractivity contribution in [1.29, 1.82) is 0 Å². The van der Waals surface area contributed by atoms with Gasteiger partial charge >= 0.3 is 0 Å². The van der Waals surface area contributed by atoms with Crippen LogP contribution in [-0.2, 0) is 0 Å². The second-order valence-corrected chi connectivity index (χ2v) is 1.94. The molecule has 52 valence electrons. The molecule has 0 amide bonds. The second-order valence-electron chi connectivity index (χ2n) is 1.94. The summed E-state index contributed by atoms with van der Waals surface area (Å²) < 4.78 is 0. The van der Waals surface area contributed by atoms with Crippen LogP contribution in [0.25, 0.3) is 0 Å². The molecule has 0 aliphatic heterocycles. The number of aliphatic hydroxyl groups is 1. The zero-order chi connectivity index (χ0) is 7.11. The molecule has 0 saturated carbocycles. The lowest BCUT2D eigenvalue weighted by Crippen LogP contribution is -1.93. The van der Waals surface area contributed by atoms with E-state index in [0.29, 0.717) is 0 Å². The molecule has 9 heavy (non-hydrogen) atoms. The van der Waals surface area contributed by atoms with E-state index in [4.69, 9.17) is 5.11 Å². The summed E-state index contributed by atoms with van der Waals surface area (Å²) in [6.07, 6.45) is 6.91. The molecule has 0 heterocycles. The monoisotopic (exact) mass is 126 g/mol. The van der Waals surface area contributed by atoms with Crippen molar-refractivity contribution in [1.82, 2.24) is 0 Å². The van der Waals surface area contributed by atoms with Gasteiger partial charge in [-0.15, -0.1) is 6.58 Å². The minimum atomic E-state index is -0.462. The van der Waals surface area contributed by atoms with Gasteiger partial charge in [-0.25, -0.2) is 0 Å². The number of unbranched alkanes of at least 4 members (excludes halogenated alkanes) is 1. The Balaban J connectivity index is 3.31. The maximum absolute atomic E-state index is 8.88. The van der Waals surface area contributed by atoms with Gasteiger partial charge in [0.1, 0.15) is 0 Å². The summed E-state index contributed by atoms with van der Waals surface area (Å²) in [7, 11) is 0. The highest BCUT2D eigenvalue weighted by molar-refractivity contribution is 4.97. The molecule has 1 N–H and O–H groups in total. The Bertz CT molecular complexity index is 94.7. The van der Waals surface area contributed by atoms with Crippen LogP contribution in [0.4, 0.5) is 0 Å². The minimum Gasteiger partial charge on any atom is -0.385 e. The van der Waals surface area contributed by atoms with Crippen LogP contribution in [-0.4, -0.2) is 11.2 Å². The normalized spacial score (nSPS) is 14.0. The first kappa shape index (κ1) is 8.44. The van der Waals surface area contributed by atoms with Crippen LogP contribution in [0, 0.1) is 0 Å². The molecule has 0 radical (unpaired) electrons. The smallest absolute Gasteiger partial charge is 0.0899 e. The molecule has 0 aliphatic rings. The van der Waals surface area contributed by atoms with Gasteiger partial charge in [0.15, 0.2) is 0 Å². The molecule has 0 saturated heterocycles. The zero-order valence-electron chi connectivity index (χ0n) is 5.88. The van der Waals surface area contributed by atoms with Gasteiger partial charge in [-0.1, -0.05) is 31.6 Å². The first-order chi connectivity index (χ1) is 4.31. The molecule has 0 fully saturated rings. The summed E-state index contributed by atoms with van der Waals surface area (Å²) >= 11 is 0. The van der Waals surface area contributed by atoms with Crippen molar-refractivity contribution < 1.29 is 5.11 Å². The predicted octanol–water partition coefficient (Wildman–Crippen LogP) is 1.89. The summed E-state index contributed by atoms with van der Waals surface area (Å²) in [6, 6.07) is 0. The molecule has 0 unspecified atom stereocenters. The number of allylic oxidation sites excluding steroid dienone is 1. The van der Waals surface area contributed by atoms with Crippen molar-refractivity contribution in [2.24, 2.45) is 0 Å². The van der Waals surface area contributed by atoms with Crippen LogP contribution >= 0.6 is 0 Å². The van der Waals surface area contributed by atoms with Crippen LogP contribution in [0.3, 0.4) is 0 Å². The van der Waals surface area contributed by atoms with Gasteiger partial charge in [0.25, 0.3) is 0 Å². The van der Waals surface area contributed by atoms with Crippen molar-refractivity contribution >= 4 is 0 Å². The first-order valence-corrected chi connectivity index (χ1v) is 3.28. The summed E-state index contributed by atoms with van der Waals surface area (Å²) in [6.45, 7) is 5.54. The van der Waals surface area contributed by atoms with E-state index in [9.17, 15) is 0 Å². The van der Waals surface area contributed by atoms with Gasteiger partial charge in [-0.05, 0) is 6.42 Å². The standard InChI is InChI=1S/C8H14O/c1-3-5-6-7-8(9)4-2/h4,6-9H,2-3,5H2,1H3/b7-6+/t8-/m1/s1. The lowest BCUT2D eigenvalue weighted by Gasteiger charge is -1.93. The Morgan fingerprint density at radius 2 is 2.33 bits per heavy atom. The summed E-state index contributed by atoms with van der Waals surface area (Å²) in [5.41, 5.74) is 0. The molecular weight excluding hydrogens is 112 g/mol. The molecule has 0 bridgehead atoms. The molecule has 0 aliphatic carbocycles. The minimum absolute atomic E-state index is 0.462. The first-order valence-electron chi connectivity index (χ1n) is 3.28. The molecule has 0 rings (SSSR count). The fraction of sp³-hybridized carbons (Fsp3) is 0.500. The summed E-state index contributed by atoms with van der Waals surface area (Å²) in [5, 5.41) is 8.88. The maximum Gasteiger partial charge on any atom is 0.0899 e. The molecule has 0 spiro atoms. The maximum atomic E-state index is 8.88. The zero-order valence-corrected chi connectivity index (χ0v) is 5.88. The molecule has 1 atom stereocenters. The van der Waals surface area contributed by atoms with E-state index in [1.807, 2.05) is 6.08 Å². The largest absolute Gasteiger partial charge is 0.385 e. The van der Waals surface area contributed by atoms with Crippen molar-refractivity contribution in [3.8, 4) is 0 Å². The number of hydrogen-bond acceptors (Lipinski definition) is 1. The fourth-order valence-electron chi connectivity index (χ4n) is 0.481. The number of hydrogen-bond donors (Lipinski definition) is 1. The van der Waals surface area contributed by atoms with Crippen molar-refractivity contribution in [2.75, 3.05) is 0 Å². The van der Waals surface area contributed by atoms with Crippen LogP contribution in [0.2, 0.25) is 0 Å². The number of aliphatic hydroxyl groups excluding tert-OH is 1. The topological polar surface area (TPSA) is 20.2 Å². The Labute approximate surface area is 56.7 Å². The fourth-order valence-corrected chi connectivity index (χ4v) is 0.481. The lowest BCUT2D eigenvalue weighted by atomic mass is 10.2. The molecule has 0 aromatic carbocycles. The Morgan fingerprint density at radius 1 is 1.67 bits per heavy atom. The number of rotatable bonds is 4. The third-order valence-electron chi connectivity index (χ3n) is 1.03. The SMILES string of the molecule is C=C[C@@H](O)/C=C/CCC. The lowest BCUT2D eigenvalue weighted by molar-refractivity contribution is 0.271. The van der Waals surface area contributed by atoms with Crippen LogP contribution in [0.1, 0.15) is 19.8 Å². The highest BCUT2D eigenvalue weighted by atomic mass is 16.3. The molecular formula is C8H14O. The Morgan fingerprint density at radius 3 is 2.78 bits per heavy atom. The van der Waals surface area contributed by atoms with E-state index in [1.165, 1.54) is 6.08 Å². The van der Waals surface area contributed by atoms with Gasteiger partial charge in [0.2, 0.25) is 0 Å². The van der Waals surface area contributed by atoms with E-state index in [0.717, 1.165) is 12.8 Å². The second kappa shape index (κ2) is 5.57. The molecule has 1 nitrogen and oxygen atoms in total. The van der Waals surface area contributed by atoms with E-state index in [1.54, 1.807) is 6.08 Å². The molecule has 1 heteroatoms. The third-order valence-corrected chi connectivity index (χ3v) is 1.03. The average Bonchev–Trinajstić information content (AvgIpc) is 1.89. The van der Waals surface area contributed by atoms with Crippen molar-refractivity contribution in [3.05, 3.63) is 24.8 Å². The molecule has 0 aromatic rings. The van der Waals surface area contributed by atoms with Gasteiger partial charge < -0.3 is 5.11 Å². The Hall–Kier alpha value is -0.560. The van der Waals surface area contributed by atoms with E-state index in [-0.39, 0.29) is 0 Å². The molecule has 0 aromatic heterocycles. The highest BCUT2D eigenvalue weighted by Gasteiger charge is 1.85. The van der Waals surface area contributed by atoms with E-state index >= 15 is 0 Å². The van der Waals surface area contributed by atoms with Crippen molar-refractivity contribution in [3.63, 3.8) is 0 Å².